The molecular weight excluding hydrogens is 226 g/mol. The molecular formula is C10H23N3O2S. The molecule has 2 N–H and O–H groups in total. The molecule has 0 unspecified atom stereocenters. The number of nitrogens with one attached hydrogen (secondary N) is 2. The number of hydrogen-bond donors (Lipinski definition) is 2. The first kappa shape index (κ1) is 13.9. The maximum Gasteiger partial charge on any atom is 0.279 e. The summed E-state index contributed by atoms with van der Waals surface area (Å²) in [4.78, 5) is 0. The molecule has 0 spiro atoms. The van der Waals surface area contributed by atoms with Gasteiger partial charge < -0.3 is 5.32 Å². The molecule has 1 rings (SSSR count). The van der Waals surface area contributed by atoms with Crippen molar-refractivity contribution in [1.82, 2.24) is 14.3 Å². The Balaban J connectivity index is 2.61. The fourth-order valence-electron chi connectivity index (χ4n) is 1.66. The highest BCUT2D eigenvalue weighted by atomic mass is 32.2. The molecule has 1 aliphatic heterocycles. The zero-order valence-electron chi connectivity index (χ0n) is 10.6. The Bertz CT molecular complexity index is 325. The second-order valence-electron chi connectivity index (χ2n) is 5.39. The molecule has 16 heavy (non-hydrogen) atoms. The second-order valence-corrected chi connectivity index (χ2v) is 7.15. The van der Waals surface area contributed by atoms with Gasteiger partial charge in [-0.05, 0) is 19.8 Å². The molecule has 0 saturated carbocycles. The van der Waals surface area contributed by atoms with E-state index >= 15 is 0 Å². The van der Waals surface area contributed by atoms with Gasteiger partial charge in [-0.1, -0.05) is 13.8 Å². The Hall–Kier alpha value is -0.170. The number of hydrogen-bond acceptors (Lipinski definition) is 3. The normalized spacial score (nSPS) is 22.6. The monoisotopic (exact) mass is 249 g/mol. The van der Waals surface area contributed by atoms with Crippen LogP contribution in [0.2, 0.25) is 0 Å². The minimum Gasteiger partial charge on any atom is -0.309 e. The van der Waals surface area contributed by atoms with Gasteiger partial charge in [0.15, 0.2) is 0 Å². The molecule has 0 aromatic rings. The lowest BCUT2D eigenvalue weighted by Crippen LogP contribution is -2.60. The summed E-state index contributed by atoms with van der Waals surface area (Å²) >= 11 is 0. The van der Waals surface area contributed by atoms with E-state index in [4.69, 9.17) is 0 Å². The van der Waals surface area contributed by atoms with E-state index in [-0.39, 0.29) is 5.54 Å². The van der Waals surface area contributed by atoms with Gasteiger partial charge in [-0.2, -0.15) is 12.7 Å². The van der Waals surface area contributed by atoms with Crippen molar-refractivity contribution in [3.05, 3.63) is 0 Å². The number of piperazine rings is 1. The highest BCUT2D eigenvalue weighted by molar-refractivity contribution is 7.87. The van der Waals surface area contributed by atoms with E-state index in [0.29, 0.717) is 32.1 Å². The van der Waals surface area contributed by atoms with E-state index in [1.165, 1.54) is 4.31 Å². The first-order valence-corrected chi connectivity index (χ1v) is 7.17. The summed E-state index contributed by atoms with van der Waals surface area (Å²) in [5.74, 6) is 0.325. The highest BCUT2D eigenvalue weighted by Gasteiger charge is 2.32. The third-order valence-corrected chi connectivity index (χ3v) is 4.07. The maximum absolute atomic E-state index is 12.0. The molecule has 0 bridgehead atoms. The van der Waals surface area contributed by atoms with Crippen LogP contribution in [-0.2, 0) is 10.2 Å². The molecule has 6 heteroatoms. The lowest BCUT2D eigenvalue weighted by molar-refractivity contribution is 0.231. The van der Waals surface area contributed by atoms with Crippen LogP contribution in [0.25, 0.3) is 0 Å². The Labute approximate surface area is 98.8 Å². The van der Waals surface area contributed by atoms with Crippen LogP contribution < -0.4 is 10.0 Å². The predicted molar refractivity (Wildman–Crippen MR) is 65.4 cm³/mol. The fourth-order valence-corrected chi connectivity index (χ4v) is 3.21. The molecule has 0 radical (unpaired) electrons. The summed E-state index contributed by atoms with van der Waals surface area (Å²) in [7, 11) is -3.31. The van der Waals surface area contributed by atoms with Crippen LogP contribution in [-0.4, -0.2) is 44.4 Å². The lowest BCUT2D eigenvalue weighted by atomic mass is 10.0. The first-order chi connectivity index (χ1) is 7.23. The van der Waals surface area contributed by atoms with Gasteiger partial charge in [0.1, 0.15) is 0 Å². The van der Waals surface area contributed by atoms with Crippen molar-refractivity contribution >= 4 is 10.2 Å². The molecule has 5 nitrogen and oxygen atoms in total. The van der Waals surface area contributed by atoms with Gasteiger partial charge in [-0.3, -0.25) is 0 Å². The maximum atomic E-state index is 12.0. The van der Waals surface area contributed by atoms with Crippen LogP contribution in [0.15, 0.2) is 0 Å². The average Bonchev–Trinajstić information content (AvgIpc) is 2.13. The van der Waals surface area contributed by atoms with Crippen molar-refractivity contribution in [2.75, 3.05) is 26.2 Å². The van der Waals surface area contributed by atoms with Crippen LogP contribution in [0.5, 0.6) is 0 Å². The minimum atomic E-state index is -3.31. The summed E-state index contributed by atoms with van der Waals surface area (Å²) in [5, 5.41) is 3.29. The Morgan fingerprint density at radius 1 is 1.44 bits per heavy atom. The highest BCUT2D eigenvalue weighted by Crippen LogP contribution is 2.12. The van der Waals surface area contributed by atoms with E-state index < -0.39 is 10.2 Å². The lowest BCUT2D eigenvalue weighted by Gasteiger charge is -2.38. The van der Waals surface area contributed by atoms with Crippen molar-refractivity contribution in [1.29, 1.82) is 0 Å². The Morgan fingerprint density at radius 2 is 2.06 bits per heavy atom. The van der Waals surface area contributed by atoms with Crippen LogP contribution >= 0.6 is 0 Å². The molecule has 1 heterocycles. The zero-order valence-corrected chi connectivity index (χ0v) is 11.4. The molecule has 0 atom stereocenters. The first-order valence-electron chi connectivity index (χ1n) is 5.73. The average molecular weight is 249 g/mol. The van der Waals surface area contributed by atoms with Gasteiger partial charge in [-0.25, -0.2) is 4.72 Å². The molecule has 96 valence electrons. The molecule has 0 aliphatic carbocycles. The smallest absolute Gasteiger partial charge is 0.279 e. The van der Waals surface area contributed by atoms with E-state index in [1.54, 1.807) is 0 Å². The van der Waals surface area contributed by atoms with Gasteiger partial charge in [0, 0.05) is 31.7 Å². The largest absolute Gasteiger partial charge is 0.309 e. The van der Waals surface area contributed by atoms with Crippen molar-refractivity contribution in [2.24, 2.45) is 5.92 Å². The topological polar surface area (TPSA) is 61.4 Å². The van der Waals surface area contributed by atoms with Crippen molar-refractivity contribution in [3.8, 4) is 0 Å². The molecule has 1 fully saturated rings. The molecule has 0 aromatic carbocycles. The predicted octanol–water partition coefficient (Wildman–Crippen LogP) is 0.161. The third kappa shape index (κ3) is 4.01. The van der Waals surface area contributed by atoms with E-state index in [2.05, 4.69) is 10.0 Å². The molecule has 0 amide bonds. The quantitative estimate of drug-likeness (QED) is 0.746. The van der Waals surface area contributed by atoms with Gasteiger partial charge in [-0.15, -0.1) is 0 Å². The third-order valence-electron chi connectivity index (χ3n) is 2.55. The molecule has 1 saturated heterocycles. The fraction of sp³-hybridized carbons (Fsp3) is 1.00. The van der Waals surface area contributed by atoms with Crippen molar-refractivity contribution in [3.63, 3.8) is 0 Å². The van der Waals surface area contributed by atoms with Gasteiger partial charge in [0.2, 0.25) is 0 Å². The summed E-state index contributed by atoms with van der Waals surface area (Å²) in [5.41, 5.74) is -0.148. The Kier molecular flexibility index (Phi) is 4.34. The summed E-state index contributed by atoms with van der Waals surface area (Å²) in [6.45, 7) is 10.3. The van der Waals surface area contributed by atoms with E-state index in [1.807, 2.05) is 27.7 Å². The molecule has 1 aliphatic rings. The minimum absolute atomic E-state index is 0.148. The van der Waals surface area contributed by atoms with Crippen molar-refractivity contribution < 1.29 is 8.42 Å². The summed E-state index contributed by atoms with van der Waals surface area (Å²) in [6, 6.07) is 0. The number of rotatable bonds is 4. The van der Waals surface area contributed by atoms with Crippen LogP contribution in [0.3, 0.4) is 0 Å². The molecule has 0 aromatic heterocycles. The van der Waals surface area contributed by atoms with Crippen molar-refractivity contribution in [2.45, 2.75) is 33.2 Å². The van der Waals surface area contributed by atoms with Gasteiger partial charge in [0.25, 0.3) is 10.2 Å². The van der Waals surface area contributed by atoms with Crippen LogP contribution in [0.4, 0.5) is 0 Å². The standard InChI is InChI=1S/C10H23N3O2S/c1-9(2)7-12-16(14,15)13-6-5-11-10(3,4)8-13/h9,11-12H,5-8H2,1-4H3. The zero-order chi connectivity index (χ0) is 12.4. The summed E-state index contributed by atoms with van der Waals surface area (Å²) in [6.07, 6.45) is 0. The van der Waals surface area contributed by atoms with E-state index in [9.17, 15) is 8.42 Å². The van der Waals surface area contributed by atoms with Crippen LogP contribution in [0.1, 0.15) is 27.7 Å². The summed E-state index contributed by atoms with van der Waals surface area (Å²) < 4.78 is 28.1. The Morgan fingerprint density at radius 3 is 2.56 bits per heavy atom. The SMILES string of the molecule is CC(C)CNS(=O)(=O)N1CCNC(C)(C)C1. The van der Waals surface area contributed by atoms with Crippen LogP contribution in [0, 0.1) is 5.92 Å². The van der Waals surface area contributed by atoms with Gasteiger partial charge >= 0.3 is 0 Å². The van der Waals surface area contributed by atoms with Gasteiger partial charge in [0.05, 0.1) is 0 Å². The number of nitrogens with zero attached hydrogens (tertiary/aromatic N) is 1. The second kappa shape index (κ2) is 5.00. The van der Waals surface area contributed by atoms with E-state index in [0.717, 1.165) is 0 Å².